The summed E-state index contributed by atoms with van der Waals surface area (Å²) in [6.07, 6.45) is 4.89. The quantitative estimate of drug-likeness (QED) is 0.653. The highest BCUT2D eigenvalue weighted by Crippen LogP contribution is 2.32. The molecule has 0 amide bonds. The summed E-state index contributed by atoms with van der Waals surface area (Å²) in [4.78, 5) is 20.8. The third-order valence-corrected chi connectivity index (χ3v) is 4.44. The minimum Gasteiger partial charge on any atom is -0.433 e. The number of carbonyl (C=O) groups is 1. The lowest BCUT2D eigenvalue weighted by Gasteiger charge is -2.09. The van der Waals surface area contributed by atoms with Crippen LogP contribution in [0.25, 0.3) is 22.4 Å². The Morgan fingerprint density at radius 3 is 2.88 bits per heavy atom. The maximum atomic E-state index is 12.5. The summed E-state index contributed by atoms with van der Waals surface area (Å²) in [5, 5.41) is 4.25. The molecule has 134 valence electrons. The molecule has 0 spiro atoms. The lowest BCUT2D eigenvalue weighted by atomic mass is 10.1. The van der Waals surface area contributed by atoms with Crippen LogP contribution in [0.15, 0.2) is 30.6 Å². The van der Waals surface area contributed by atoms with Crippen molar-refractivity contribution in [1.29, 1.82) is 0 Å². The molecule has 4 rings (SSSR count). The smallest absolute Gasteiger partial charge is 0.387 e. The molecular weight excluding hydrogens is 366 g/mol. The van der Waals surface area contributed by atoms with E-state index in [0.717, 1.165) is 12.8 Å². The molecule has 0 aliphatic heterocycles. The third kappa shape index (κ3) is 3.37. The number of carbonyl (C=O) groups excluding carboxylic acids is 1. The number of alkyl halides is 2. The number of rotatable bonds is 6. The van der Waals surface area contributed by atoms with Crippen LogP contribution in [-0.4, -0.2) is 32.1 Å². The zero-order valence-corrected chi connectivity index (χ0v) is 14.2. The average Bonchev–Trinajstić information content (AvgIpc) is 3.39. The van der Waals surface area contributed by atoms with E-state index in [4.69, 9.17) is 11.6 Å². The number of Topliss-reactive ketones (excluding diaryl/α,β-unsaturated/α-hetero) is 1. The number of fused-ring (bicyclic) bond motifs is 1. The Morgan fingerprint density at radius 1 is 1.35 bits per heavy atom. The standard InChI is InChI=1S/C17H13ClF2N4O2/c18-11-4-3-10(5-15(11)26-17(19)20)12-6-21-13-7-22-24(16(13)23-12)8-14(25)9-1-2-9/h3-7,9,17H,1-2,8H2. The molecule has 6 nitrogen and oxygen atoms in total. The summed E-state index contributed by atoms with van der Waals surface area (Å²) < 4.78 is 30.9. The number of aromatic nitrogens is 4. The molecular formula is C17H13ClF2N4O2. The van der Waals surface area contributed by atoms with Crippen LogP contribution in [0, 0.1) is 5.92 Å². The topological polar surface area (TPSA) is 69.9 Å². The number of hydrogen-bond acceptors (Lipinski definition) is 5. The molecule has 1 aliphatic rings. The van der Waals surface area contributed by atoms with Gasteiger partial charge in [-0.1, -0.05) is 17.7 Å². The van der Waals surface area contributed by atoms with E-state index in [1.54, 1.807) is 12.3 Å². The molecule has 0 N–H and O–H groups in total. The molecule has 0 radical (unpaired) electrons. The van der Waals surface area contributed by atoms with Gasteiger partial charge in [-0.3, -0.25) is 4.79 Å². The number of benzene rings is 1. The molecule has 9 heteroatoms. The zero-order valence-electron chi connectivity index (χ0n) is 13.4. The predicted octanol–water partition coefficient (Wildman–Crippen LogP) is 3.73. The number of hydrogen-bond donors (Lipinski definition) is 0. The van der Waals surface area contributed by atoms with E-state index in [2.05, 4.69) is 19.8 Å². The Bertz CT molecular complexity index is 988. The van der Waals surface area contributed by atoms with E-state index >= 15 is 0 Å². The van der Waals surface area contributed by atoms with Gasteiger partial charge in [-0.25, -0.2) is 14.6 Å². The molecule has 1 saturated carbocycles. The normalized spacial score (nSPS) is 14.2. The molecule has 0 unspecified atom stereocenters. The van der Waals surface area contributed by atoms with E-state index in [9.17, 15) is 13.6 Å². The van der Waals surface area contributed by atoms with Crippen molar-refractivity contribution in [3.05, 3.63) is 35.6 Å². The first-order chi connectivity index (χ1) is 12.5. The Morgan fingerprint density at radius 2 is 2.15 bits per heavy atom. The molecule has 26 heavy (non-hydrogen) atoms. The van der Waals surface area contributed by atoms with Gasteiger partial charge in [0, 0.05) is 11.5 Å². The van der Waals surface area contributed by atoms with E-state index in [1.165, 1.54) is 23.0 Å². The van der Waals surface area contributed by atoms with E-state index in [0.29, 0.717) is 22.4 Å². The van der Waals surface area contributed by atoms with Crippen LogP contribution in [0.1, 0.15) is 12.8 Å². The number of nitrogens with zero attached hydrogens (tertiary/aromatic N) is 4. The molecule has 2 aromatic heterocycles. The van der Waals surface area contributed by atoms with Crippen LogP contribution in [0.5, 0.6) is 5.75 Å². The minimum absolute atomic E-state index is 0.0724. The van der Waals surface area contributed by atoms with Crippen molar-refractivity contribution in [2.75, 3.05) is 0 Å². The second-order valence-corrected chi connectivity index (χ2v) is 6.44. The van der Waals surface area contributed by atoms with Crippen molar-refractivity contribution in [2.45, 2.75) is 26.0 Å². The van der Waals surface area contributed by atoms with Gasteiger partial charge in [0.1, 0.15) is 17.8 Å². The van der Waals surface area contributed by atoms with Crippen molar-refractivity contribution in [1.82, 2.24) is 19.7 Å². The summed E-state index contributed by atoms with van der Waals surface area (Å²) >= 11 is 5.88. The van der Waals surface area contributed by atoms with Crippen LogP contribution in [0.3, 0.4) is 0 Å². The summed E-state index contributed by atoms with van der Waals surface area (Å²) in [7, 11) is 0. The van der Waals surface area contributed by atoms with Crippen molar-refractivity contribution >= 4 is 28.5 Å². The van der Waals surface area contributed by atoms with Crippen LogP contribution in [-0.2, 0) is 11.3 Å². The van der Waals surface area contributed by atoms with Gasteiger partial charge in [0.05, 0.1) is 23.1 Å². The summed E-state index contributed by atoms with van der Waals surface area (Å²) in [6, 6.07) is 4.46. The summed E-state index contributed by atoms with van der Waals surface area (Å²) in [5.74, 6) is 0.107. The van der Waals surface area contributed by atoms with Crippen molar-refractivity contribution in [3.63, 3.8) is 0 Å². The lowest BCUT2D eigenvalue weighted by molar-refractivity contribution is -0.120. The van der Waals surface area contributed by atoms with Crippen LogP contribution >= 0.6 is 11.6 Å². The number of ether oxygens (including phenoxy) is 1. The summed E-state index contributed by atoms with van der Waals surface area (Å²) in [6.45, 7) is -2.83. The fourth-order valence-electron chi connectivity index (χ4n) is 2.63. The van der Waals surface area contributed by atoms with Crippen molar-refractivity contribution in [2.24, 2.45) is 5.92 Å². The van der Waals surface area contributed by atoms with Gasteiger partial charge in [0.15, 0.2) is 11.4 Å². The Kier molecular flexibility index (Phi) is 4.28. The second kappa shape index (κ2) is 6.60. The Hall–Kier alpha value is -2.61. The van der Waals surface area contributed by atoms with Crippen LogP contribution < -0.4 is 4.74 Å². The SMILES string of the molecule is O=C(Cn1ncc2ncc(-c3ccc(Cl)c(OC(F)F)c3)nc21)C1CC1. The van der Waals surface area contributed by atoms with Gasteiger partial charge in [-0.15, -0.1) is 0 Å². The van der Waals surface area contributed by atoms with Gasteiger partial charge < -0.3 is 4.74 Å². The van der Waals surface area contributed by atoms with E-state index < -0.39 is 6.61 Å². The Labute approximate surface area is 151 Å². The van der Waals surface area contributed by atoms with Gasteiger partial charge in [-0.05, 0) is 25.0 Å². The maximum Gasteiger partial charge on any atom is 0.387 e. The molecule has 0 bridgehead atoms. The highest BCUT2D eigenvalue weighted by molar-refractivity contribution is 6.32. The molecule has 0 saturated heterocycles. The first kappa shape index (κ1) is 16.8. The van der Waals surface area contributed by atoms with E-state index in [-0.39, 0.29) is 29.0 Å². The summed E-state index contributed by atoms with van der Waals surface area (Å²) in [5.41, 5.74) is 1.97. The first-order valence-electron chi connectivity index (χ1n) is 7.97. The highest BCUT2D eigenvalue weighted by Gasteiger charge is 2.30. The van der Waals surface area contributed by atoms with Gasteiger partial charge in [0.25, 0.3) is 0 Å². The average molecular weight is 379 g/mol. The lowest BCUT2D eigenvalue weighted by Crippen LogP contribution is -2.13. The fraction of sp³-hybridized carbons (Fsp3) is 0.294. The molecule has 1 aromatic carbocycles. The first-order valence-corrected chi connectivity index (χ1v) is 8.35. The van der Waals surface area contributed by atoms with Crippen molar-refractivity contribution in [3.8, 4) is 17.0 Å². The van der Waals surface area contributed by atoms with Gasteiger partial charge in [0.2, 0.25) is 0 Å². The Balaban J connectivity index is 1.69. The highest BCUT2D eigenvalue weighted by atomic mass is 35.5. The maximum absolute atomic E-state index is 12.5. The van der Waals surface area contributed by atoms with Gasteiger partial charge >= 0.3 is 6.61 Å². The molecule has 1 aliphatic carbocycles. The molecule has 0 atom stereocenters. The van der Waals surface area contributed by atoms with E-state index in [1.807, 2.05) is 0 Å². The minimum atomic E-state index is -2.98. The molecule has 2 heterocycles. The number of ketones is 1. The zero-order chi connectivity index (χ0) is 18.3. The van der Waals surface area contributed by atoms with Crippen LogP contribution in [0.2, 0.25) is 5.02 Å². The second-order valence-electron chi connectivity index (χ2n) is 6.03. The largest absolute Gasteiger partial charge is 0.433 e. The molecule has 3 aromatic rings. The fourth-order valence-corrected chi connectivity index (χ4v) is 2.80. The van der Waals surface area contributed by atoms with Crippen LogP contribution in [0.4, 0.5) is 8.78 Å². The molecule has 1 fully saturated rings. The third-order valence-electron chi connectivity index (χ3n) is 4.13. The monoisotopic (exact) mass is 378 g/mol. The van der Waals surface area contributed by atoms with Crippen molar-refractivity contribution < 1.29 is 18.3 Å². The predicted molar refractivity (Wildman–Crippen MR) is 90.1 cm³/mol. The van der Waals surface area contributed by atoms with Gasteiger partial charge in [-0.2, -0.15) is 13.9 Å². The number of halogens is 3.